The zero-order chi connectivity index (χ0) is 50.6. The highest BCUT2D eigenvalue weighted by Gasteiger charge is 2.40. The van der Waals surface area contributed by atoms with E-state index < -0.39 is 121 Å². The van der Waals surface area contributed by atoms with Gasteiger partial charge in [-0.1, -0.05) is 18.6 Å². The van der Waals surface area contributed by atoms with E-state index in [4.69, 9.17) is 17.2 Å². The van der Waals surface area contributed by atoms with E-state index in [1.165, 1.54) is 61.1 Å². The number of aliphatic carboxylic acids is 1. The monoisotopic (exact) mass is 966 g/mol. The molecule has 0 aliphatic carbocycles. The minimum absolute atomic E-state index is 0.0160. The van der Waals surface area contributed by atoms with Crippen molar-refractivity contribution in [2.45, 2.75) is 119 Å². The van der Waals surface area contributed by atoms with E-state index in [9.17, 15) is 58.5 Å². The highest BCUT2D eigenvalue weighted by atomic mass is 16.4. The lowest BCUT2D eigenvalue weighted by molar-refractivity contribution is -0.142. The molecule has 2 aromatic heterocycles. The van der Waals surface area contributed by atoms with Gasteiger partial charge in [0.25, 0.3) is 0 Å². The van der Waals surface area contributed by atoms with Crippen molar-refractivity contribution in [2.24, 2.45) is 17.2 Å². The minimum atomic E-state index is -1.74. The Morgan fingerprint density at radius 3 is 1.88 bits per heavy atom. The molecule has 3 aromatic rings. The van der Waals surface area contributed by atoms with Gasteiger partial charge in [0.15, 0.2) is 0 Å². The quantitative estimate of drug-likeness (QED) is 0.0306. The Kier molecular flexibility index (Phi) is 21.0. The van der Waals surface area contributed by atoms with Crippen LogP contribution in [0.5, 0.6) is 5.75 Å². The van der Waals surface area contributed by atoms with Crippen molar-refractivity contribution >= 4 is 53.2 Å². The maximum Gasteiger partial charge on any atom is 0.326 e. The van der Waals surface area contributed by atoms with E-state index in [-0.39, 0.29) is 38.0 Å². The molecule has 1 aliphatic rings. The Morgan fingerprint density at radius 1 is 0.739 bits per heavy atom. The first-order valence-electron chi connectivity index (χ1n) is 22.3. The number of imidazole rings is 2. The highest BCUT2D eigenvalue weighted by Crippen LogP contribution is 2.20. The average Bonchev–Trinajstić information content (AvgIpc) is 4.14. The number of primary amides is 1. The van der Waals surface area contributed by atoms with Gasteiger partial charge in [0.05, 0.1) is 25.3 Å². The van der Waals surface area contributed by atoms with Crippen LogP contribution in [0, 0.1) is 0 Å². The van der Waals surface area contributed by atoms with E-state index in [2.05, 4.69) is 51.8 Å². The second-order valence-corrected chi connectivity index (χ2v) is 16.6. The standard InChI is InChI=1S/C43H62N14O12/c1-23(51-41(66)34-6-4-14-57(34)42(67)31(17-26-19-48-22-50-26)54-37(62)28(45)5-2-3-13-44)36(61)53-30(16-25-18-47-21-49-25)39(64)52-29(11-12-35(46)60)38(63)56-33(20-58)40(65)55-32(43(68)69)15-24-7-9-27(59)10-8-24/h7-10,18-19,21-23,28-34,58-59H,2-6,11-17,20,44-45H2,1H3,(H2,46,60)(H,47,49)(H,48,50)(H,51,66)(H,52,64)(H,53,61)(H,54,62)(H,55,65)(H,56,63)(H,68,69)/t23-,28-,29-,30-,31-,32-,33-,34-/m0/s1. The second kappa shape index (κ2) is 26.8. The Bertz CT molecular complexity index is 2210. The van der Waals surface area contributed by atoms with Gasteiger partial charge < -0.3 is 79.3 Å². The summed E-state index contributed by atoms with van der Waals surface area (Å²) in [5.41, 5.74) is 18.4. The summed E-state index contributed by atoms with van der Waals surface area (Å²) in [5, 5.41) is 44.2. The van der Waals surface area contributed by atoms with Gasteiger partial charge in [-0.25, -0.2) is 14.8 Å². The van der Waals surface area contributed by atoms with Crippen LogP contribution in [0.25, 0.3) is 0 Å². The second-order valence-electron chi connectivity index (χ2n) is 16.6. The molecule has 26 nitrogen and oxygen atoms in total. The molecule has 1 aromatic carbocycles. The van der Waals surface area contributed by atoms with Crippen LogP contribution in [-0.4, -0.2) is 161 Å². The fraction of sp³-hybridized carbons (Fsp3) is 0.512. The smallest absolute Gasteiger partial charge is 0.326 e. The number of aromatic nitrogens is 4. The van der Waals surface area contributed by atoms with Crippen molar-refractivity contribution < 1.29 is 58.5 Å². The number of hydrogen-bond acceptors (Lipinski definition) is 15. The number of unbranched alkanes of at least 4 members (excludes halogenated alkanes) is 1. The maximum absolute atomic E-state index is 14.1. The molecule has 69 heavy (non-hydrogen) atoms. The van der Waals surface area contributed by atoms with Crippen molar-refractivity contribution in [3.63, 3.8) is 0 Å². The molecule has 1 fully saturated rings. The number of nitrogens with one attached hydrogen (secondary N) is 8. The van der Waals surface area contributed by atoms with E-state index >= 15 is 0 Å². The van der Waals surface area contributed by atoms with Gasteiger partial charge in [0.2, 0.25) is 47.3 Å². The molecule has 3 heterocycles. The summed E-state index contributed by atoms with van der Waals surface area (Å²) in [6.07, 6.45) is 6.57. The summed E-state index contributed by atoms with van der Waals surface area (Å²) in [7, 11) is 0. The van der Waals surface area contributed by atoms with E-state index in [1.54, 1.807) is 0 Å². The number of carbonyl (C=O) groups excluding carboxylic acids is 8. The molecule has 17 N–H and O–H groups in total. The van der Waals surface area contributed by atoms with Gasteiger partial charge >= 0.3 is 5.97 Å². The summed E-state index contributed by atoms with van der Waals surface area (Å²) in [6, 6.07) is -5.18. The van der Waals surface area contributed by atoms with Gasteiger partial charge in [-0.3, -0.25) is 38.4 Å². The third-order valence-corrected chi connectivity index (χ3v) is 11.2. The first-order valence-corrected chi connectivity index (χ1v) is 22.3. The lowest BCUT2D eigenvalue weighted by Gasteiger charge is -2.30. The van der Waals surface area contributed by atoms with Crippen molar-refractivity contribution in [3.8, 4) is 5.75 Å². The molecule has 1 saturated heterocycles. The molecule has 0 spiro atoms. The first-order chi connectivity index (χ1) is 32.9. The zero-order valence-corrected chi connectivity index (χ0v) is 38.0. The van der Waals surface area contributed by atoms with Crippen LogP contribution in [0.2, 0.25) is 0 Å². The number of nitrogens with zero attached hydrogens (tertiary/aromatic N) is 3. The molecular formula is C43H62N14O12. The van der Waals surface area contributed by atoms with Crippen molar-refractivity contribution in [2.75, 3.05) is 19.7 Å². The third kappa shape index (κ3) is 17.0. The van der Waals surface area contributed by atoms with E-state index in [0.29, 0.717) is 49.2 Å². The summed E-state index contributed by atoms with van der Waals surface area (Å²) >= 11 is 0. The number of nitrogens with two attached hydrogens (primary N) is 3. The molecule has 1 aliphatic heterocycles. The lowest BCUT2D eigenvalue weighted by atomic mass is 10.0. The number of likely N-dealkylation sites (tertiary alicyclic amines) is 1. The summed E-state index contributed by atoms with van der Waals surface area (Å²) < 4.78 is 0. The fourth-order valence-electron chi connectivity index (χ4n) is 7.37. The van der Waals surface area contributed by atoms with Crippen LogP contribution in [0.4, 0.5) is 0 Å². The molecular weight excluding hydrogens is 905 g/mol. The van der Waals surface area contributed by atoms with Crippen LogP contribution >= 0.6 is 0 Å². The largest absolute Gasteiger partial charge is 0.508 e. The number of aromatic hydroxyl groups is 1. The predicted molar refractivity (Wildman–Crippen MR) is 242 cm³/mol. The Balaban J connectivity index is 1.44. The fourth-order valence-corrected chi connectivity index (χ4v) is 7.37. The van der Waals surface area contributed by atoms with Crippen molar-refractivity contribution in [3.05, 3.63) is 66.3 Å². The number of carboxylic acid groups (broad SMARTS) is 1. The molecule has 0 radical (unpaired) electrons. The van der Waals surface area contributed by atoms with Crippen LogP contribution < -0.4 is 49.1 Å². The van der Waals surface area contributed by atoms with Gasteiger partial charge in [0, 0.05) is 56.0 Å². The SMILES string of the molecule is C[C@H](NC(=O)[C@@H]1CCCN1C(=O)[C@H](Cc1cnc[nH]1)NC(=O)[C@@H](N)CCCCN)C(=O)N[C@@H](Cc1cnc[nH]1)C(=O)N[C@@H](CCC(N)=O)C(=O)N[C@@H](CO)C(=O)N[C@@H](Cc1ccc(O)cc1)C(=O)O. The third-order valence-electron chi connectivity index (χ3n) is 11.2. The topological polar surface area (TPSA) is 425 Å². The van der Waals surface area contributed by atoms with Gasteiger partial charge in [0.1, 0.15) is 48.0 Å². The minimum Gasteiger partial charge on any atom is -0.508 e. The molecule has 0 bridgehead atoms. The van der Waals surface area contributed by atoms with Gasteiger partial charge in [-0.05, 0) is 63.3 Å². The number of phenols is 1. The zero-order valence-electron chi connectivity index (χ0n) is 38.0. The molecule has 8 atom stereocenters. The van der Waals surface area contributed by atoms with Crippen LogP contribution in [0.1, 0.15) is 68.8 Å². The number of phenolic OH excluding ortho intramolecular Hbond substituents is 1. The Morgan fingerprint density at radius 2 is 1.30 bits per heavy atom. The van der Waals surface area contributed by atoms with E-state index in [0.717, 1.165) is 0 Å². The number of aliphatic hydroxyl groups excluding tert-OH is 1. The molecule has 0 saturated carbocycles. The average molecular weight is 967 g/mol. The molecule has 376 valence electrons. The molecule has 0 unspecified atom stereocenters. The van der Waals surface area contributed by atoms with Gasteiger partial charge in [-0.2, -0.15) is 0 Å². The number of benzene rings is 1. The van der Waals surface area contributed by atoms with Crippen LogP contribution in [0.15, 0.2) is 49.3 Å². The number of aliphatic hydroxyl groups is 1. The number of rotatable bonds is 28. The maximum atomic E-state index is 14.1. The normalized spacial score (nSPS) is 16.3. The first kappa shape index (κ1) is 54.2. The van der Waals surface area contributed by atoms with Crippen molar-refractivity contribution in [1.82, 2.24) is 56.7 Å². The Hall–Kier alpha value is -7.45. The van der Waals surface area contributed by atoms with Crippen LogP contribution in [-0.2, 0) is 62.4 Å². The predicted octanol–water partition coefficient (Wildman–Crippen LogP) is -4.42. The van der Waals surface area contributed by atoms with E-state index in [1.807, 2.05) is 0 Å². The number of H-pyrrole nitrogens is 2. The van der Waals surface area contributed by atoms with Gasteiger partial charge in [-0.15, -0.1) is 0 Å². The number of amides is 8. The number of carbonyl (C=O) groups is 9. The lowest BCUT2D eigenvalue weighted by Crippen LogP contribution is -2.60. The number of carboxylic acids is 1. The summed E-state index contributed by atoms with van der Waals surface area (Å²) in [4.78, 5) is 134. The van der Waals surface area contributed by atoms with Crippen LogP contribution in [0.3, 0.4) is 0 Å². The Labute approximate surface area is 396 Å². The summed E-state index contributed by atoms with van der Waals surface area (Å²) in [5.74, 6) is -8.19. The molecule has 4 rings (SSSR count). The highest BCUT2D eigenvalue weighted by molar-refractivity contribution is 5.98. The number of aromatic amines is 2. The molecule has 8 amide bonds. The number of hydrogen-bond donors (Lipinski definition) is 14. The van der Waals surface area contributed by atoms with Crippen molar-refractivity contribution in [1.29, 1.82) is 0 Å². The summed E-state index contributed by atoms with van der Waals surface area (Å²) in [6.45, 7) is 0.927. The molecule has 26 heteroatoms.